The van der Waals surface area contributed by atoms with Gasteiger partial charge in [-0.25, -0.2) is 0 Å². The highest BCUT2D eigenvalue weighted by Gasteiger charge is 2.46. The molecule has 3 rings (SSSR count). The second-order valence-corrected chi connectivity index (χ2v) is 5.71. The van der Waals surface area contributed by atoms with Crippen LogP contribution in [0.3, 0.4) is 0 Å². The molecule has 0 spiro atoms. The smallest absolute Gasteiger partial charge is 0.247 e. The maximum atomic E-state index is 12.2. The van der Waals surface area contributed by atoms with Gasteiger partial charge >= 0.3 is 0 Å². The molecule has 1 aliphatic heterocycles. The number of methoxy groups -OCH3 is 2. The number of carbonyl (C=O) groups is 1. The van der Waals surface area contributed by atoms with Gasteiger partial charge in [0.05, 0.1) is 20.3 Å². The fourth-order valence-corrected chi connectivity index (χ4v) is 2.92. The van der Waals surface area contributed by atoms with E-state index in [9.17, 15) is 4.79 Å². The largest absolute Gasteiger partial charge is 0.493 e. The molecule has 5 nitrogen and oxygen atoms in total. The lowest BCUT2D eigenvalue weighted by atomic mass is 9.88. The molecule has 2 aromatic carbocycles. The van der Waals surface area contributed by atoms with E-state index in [1.165, 1.54) is 0 Å². The predicted molar refractivity (Wildman–Crippen MR) is 89.2 cm³/mol. The van der Waals surface area contributed by atoms with Crippen LogP contribution in [0.2, 0.25) is 5.02 Å². The van der Waals surface area contributed by atoms with Gasteiger partial charge in [0.25, 0.3) is 0 Å². The summed E-state index contributed by atoms with van der Waals surface area (Å²) in [6, 6.07) is 11.8. The Morgan fingerprint density at radius 3 is 2.30 bits per heavy atom. The van der Waals surface area contributed by atoms with Crippen LogP contribution in [-0.2, 0) is 4.79 Å². The van der Waals surface area contributed by atoms with Crippen molar-refractivity contribution in [2.24, 2.45) is 5.73 Å². The number of carbonyl (C=O) groups excluding carboxylic acids is 1. The number of rotatable bonds is 4. The van der Waals surface area contributed by atoms with E-state index in [0.717, 1.165) is 11.3 Å². The summed E-state index contributed by atoms with van der Waals surface area (Å²) in [5, 5.41) is 0.619. The minimum Gasteiger partial charge on any atom is -0.493 e. The highest BCUT2D eigenvalue weighted by molar-refractivity contribution is 6.30. The van der Waals surface area contributed by atoms with Crippen LogP contribution in [0.25, 0.3) is 0 Å². The maximum Gasteiger partial charge on any atom is 0.247 e. The van der Waals surface area contributed by atoms with Crippen LogP contribution in [0.5, 0.6) is 11.5 Å². The molecule has 0 unspecified atom stereocenters. The van der Waals surface area contributed by atoms with Gasteiger partial charge < -0.3 is 20.1 Å². The average Bonchev–Trinajstić information content (AvgIpc) is 2.59. The zero-order chi connectivity index (χ0) is 16.6. The molecule has 1 fully saturated rings. The van der Waals surface area contributed by atoms with Crippen molar-refractivity contribution < 1.29 is 14.3 Å². The first-order valence-electron chi connectivity index (χ1n) is 7.13. The summed E-state index contributed by atoms with van der Waals surface area (Å²) in [6.07, 6.45) is 0. The van der Waals surface area contributed by atoms with Crippen molar-refractivity contribution in [2.45, 2.75) is 12.1 Å². The number of amides is 1. The monoisotopic (exact) mass is 332 g/mol. The third-order valence-electron chi connectivity index (χ3n) is 3.99. The summed E-state index contributed by atoms with van der Waals surface area (Å²) < 4.78 is 10.6. The molecule has 0 aliphatic carbocycles. The Labute approximate surface area is 139 Å². The summed E-state index contributed by atoms with van der Waals surface area (Å²) in [6.45, 7) is 0. The Morgan fingerprint density at radius 1 is 1.04 bits per heavy atom. The molecule has 0 saturated carbocycles. The SMILES string of the molecule is COc1ccc([C@H]2[C@H](N)C(=O)N2c2ccc(Cl)cc2)cc1OC. The van der Waals surface area contributed by atoms with Gasteiger partial charge in [0.1, 0.15) is 6.04 Å². The van der Waals surface area contributed by atoms with Crippen LogP contribution in [0.15, 0.2) is 42.5 Å². The lowest BCUT2D eigenvalue weighted by Crippen LogP contribution is -2.63. The molecular formula is C17H17ClN2O3. The van der Waals surface area contributed by atoms with E-state index in [0.29, 0.717) is 16.5 Å². The molecule has 23 heavy (non-hydrogen) atoms. The van der Waals surface area contributed by atoms with E-state index in [4.69, 9.17) is 26.8 Å². The summed E-state index contributed by atoms with van der Waals surface area (Å²) in [5.74, 6) is 1.12. The molecule has 1 saturated heterocycles. The second kappa shape index (κ2) is 6.10. The topological polar surface area (TPSA) is 64.8 Å². The van der Waals surface area contributed by atoms with Gasteiger partial charge in [-0.3, -0.25) is 4.79 Å². The Balaban J connectivity index is 1.97. The van der Waals surface area contributed by atoms with Gasteiger partial charge in [0.2, 0.25) is 5.91 Å². The second-order valence-electron chi connectivity index (χ2n) is 5.27. The molecule has 2 atom stereocenters. The highest BCUT2D eigenvalue weighted by Crippen LogP contribution is 2.41. The van der Waals surface area contributed by atoms with Crippen LogP contribution >= 0.6 is 11.6 Å². The average molecular weight is 333 g/mol. The zero-order valence-corrected chi connectivity index (χ0v) is 13.6. The number of anilines is 1. The van der Waals surface area contributed by atoms with Crippen LogP contribution in [-0.4, -0.2) is 26.2 Å². The van der Waals surface area contributed by atoms with Gasteiger partial charge in [0, 0.05) is 10.7 Å². The van der Waals surface area contributed by atoms with Gasteiger partial charge in [-0.1, -0.05) is 17.7 Å². The highest BCUT2D eigenvalue weighted by atomic mass is 35.5. The van der Waals surface area contributed by atoms with Crippen LogP contribution < -0.4 is 20.1 Å². The molecular weight excluding hydrogens is 316 g/mol. The van der Waals surface area contributed by atoms with Crippen molar-refractivity contribution >= 4 is 23.2 Å². The normalized spacial score (nSPS) is 20.2. The Kier molecular flexibility index (Phi) is 4.15. The van der Waals surface area contributed by atoms with E-state index in [2.05, 4.69) is 0 Å². The van der Waals surface area contributed by atoms with E-state index < -0.39 is 6.04 Å². The van der Waals surface area contributed by atoms with Crippen molar-refractivity contribution in [1.29, 1.82) is 0 Å². The number of hydrogen-bond acceptors (Lipinski definition) is 4. The van der Waals surface area contributed by atoms with Crippen molar-refractivity contribution in [1.82, 2.24) is 0 Å². The summed E-state index contributed by atoms with van der Waals surface area (Å²) in [4.78, 5) is 13.9. The van der Waals surface area contributed by atoms with Crippen LogP contribution in [0.4, 0.5) is 5.69 Å². The first kappa shape index (κ1) is 15.6. The lowest BCUT2D eigenvalue weighted by Gasteiger charge is -2.45. The number of β-lactam (4-membered cyclic amide) rings is 1. The molecule has 2 aromatic rings. The molecule has 1 heterocycles. The van der Waals surface area contributed by atoms with Crippen LogP contribution in [0.1, 0.15) is 11.6 Å². The number of nitrogens with two attached hydrogens (primary N) is 1. The van der Waals surface area contributed by atoms with Crippen molar-refractivity contribution in [3.8, 4) is 11.5 Å². The van der Waals surface area contributed by atoms with E-state index >= 15 is 0 Å². The molecule has 6 heteroatoms. The number of nitrogens with zero attached hydrogens (tertiary/aromatic N) is 1. The molecule has 2 N–H and O–H groups in total. The van der Waals surface area contributed by atoms with Gasteiger partial charge in [-0.15, -0.1) is 0 Å². The van der Waals surface area contributed by atoms with E-state index in [1.807, 2.05) is 18.2 Å². The standard InChI is InChI=1S/C17H17ClN2O3/c1-22-13-8-3-10(9-14(13)23-2)16-15(19)17(21)20(16)12-6-4-11(18)5-7-12/h3-9,15-16H,19H2,1-2H3/t15-,16-/m0/s1. The van der Waals surface area contributed by atoms with Crippen molar-refractivity contribution in [2.75, 3.05) is 19.1 Å². The van der Waals surface area contributed by atoms with Crippen LogP contribution in [0, 0.1) is 0 Å². The quantitative estimate of drug-likeness (QED) is 0.874. The maximum absolute atomic E-state index is 12.2. The molecule has 120 valence electrons. The minimum absolute atomic E-state index is 0.118. The molecule has 0 aromatic heterocycles. The lowest BCUT2D eigenvalue weighted by molar-refractivity contribution is -0.126. The summed E-state index contributed by atoms with van der Waals surface area (Å²) in [7, 11) is 3.15. The minimum atomic E-state index is -0.580. The number of ether oxygens (including phenoxy) is 2. The molecule has 1 amide bonds. The zero-order valence-electron chi connectivity index (χ0n) is 12.8. The van der Waals surface area contributed by atoms with Gasteiger partial charge in [0.15, 0.2) is 11.5 Å². The first-order valence-corrected chi connectivity index (χ1v) is 7.50. The third-order valence-corrected chi connectivity index (χ3v) is 4.25. The fourth-order valence-electron chi connectivity index (χ4n) is 2.79. The summed E-state index contributed by atoms with van der Waals surface area (Å²) in [5.41, 5.74) is 7.69. The summed E-state index contributed by atoms with van der Waals surface area (Å²) >= 11 is 5.91. The van der Waals surface area contributed by atoms with Gasteiger partial charge in [-0.2, -0.15) is 0 Å². The van der Waals surface area contributed by atoms with Crippen molar-refractivity contribution in [3.63, 3.8) is 0 Å². The Morgan fingerprint density at radius 2 is 1.70 bits per heavy atom. The van der Waals surface area contributed by atoms with Gasteiger partial charge in [-0.05, 0) is 42.0 Å². The Bertz CT molecular complexity index is 733. The van der Waals surface area contributed by atoms with E-state index in [1.54, 1.807) is 43.4 Å². The predicted octanol–water partition coefficient (Wildman–Crippen LogP) is 2.77. The molecule has 0 radical (unpaired) electrons. The number of benzene rings is 2. The van der Waals surface area contributed by atoms with Crippen molar-refractivity contribution in [3.05, 3.63) is 53.1 Å². The molecule has 1 aliphatic rings. The molecule has 0 bridgehead atoms. The number of hydrogen-bond donors (Lipinski definition) is 1. The fraction of sp³-hybridized carbons (Fsp3) is 0.235. The third kappa shape index (κ3) is 2.62. The first-order chi connectivity index (χ1) is 11.1. The Hall–Kier alpha value is -2.24. The van der Waals surface area contributed by atoms with E-state index in [-0.39, 0.29) is 11.9 Å². The number of halogens is 1.